The maximum Gasteiger partial charge on any atom is 0.350 e. The van der Waals surface area contributed by atoms with Gasteiger partial charge in [0.25, 0.3) is 5.91 Å². The first-order valence-electron chi connectivity index (χ1n) is 10.8. The van der Waals surface area contributed by atoms with Crippen molar-refractivity contribution < 1.29 is 24.5 Å². The summed E-state index contributed by atoms with van der Waals surface area (Å²) in [5, 5.41) is 24.0. The van der Waals surface area contributed by atoms with Crippen LogP contribution in [0.5, 0.6) is 11.5 Å². The van der Waals surface area contributed by atoms with Gasteiger partial charge >= 0.3 is 5.97 Å². The fourth-order valence-corrected chi connectivity index (χ4v) is 4.45. The van der Waals surface area contributed by atoms with E-state index in [-0.39, 0.29) is 23.7 Å². The quantitative estimate of drug-likeness (QED) is 0.212. The van der Waals surface area contributed by atoms with Gasteiger partial charge in [-0.15, -0.1) is 5.10 Å². The molecular weight excluding hydrogens is 466 g/mol. The van der Waals surface area contributed by atoms with Crippen LogP contribution in [0.4, 0.5) is 0 Å². The van der Waals surface area contributed by atoms with Crippen molar-refractivity contribution in [2.24, 2.45) is 5.10 Å². The zero-order valence-corrected chi connectivity index (χ0v) is 19.9. The number of benzene rings is 3. The van der Waals surface area contributed by atoms with Crippen molar-refractivity contribution in [1.29, 1.82) is 0 Å². The third kappa shape index (κ3) is 5.10. The van der Waals surface area contributed by atoms with Crippen molar-refractivity contribution in [3.8, 4) is 28.4 Å². The van der Waals surface area contributed by atoms with E-state index in [0.29, 0.717) is 15.4 Å². The van der Waals surface area contributed by atoms with Gasteiger partial charge in [-0.2, -0.15) is 0 Å². The molecule has 0 bridgehead atoms. The molecule has 1 aromatic heterocycles. The van der Waals surface area contributed by atoms with E-state index in [0.717, 1.165) is 34.2 Å². The number of aryl methyl sites for hydroxylation is 1. The van der Waals surface area contributed by atoms with Crippen molar-refractivity contribution >= 4 is 23.2 Å². The molecule has 0 atom stereocenters. The van der Waals surface area contributed by atoms with Gasteiger partial charge < -0.3 is 14.9 Å². The summed E-state index contributed by atoms with van der Waals surface area (Å²) < 4.78 is 7.08. The van der Waals surface area contributed by atoms with E-state index in [4.69, 9.17) is 4.74 Å². The lowest BCUT2D eigenvalue weighted by atomic mass is 10.1. The molecular formula is C26H23N3O5S. The molecule has 4 rings (SSSR count). The average Bonchev–Trinajstić information content (AvgIpc) is 3.25. The van der Waals surface area contributed by atoms with Gasteiger partial charge in [0.2, 0.25) is 4.80 Å². The number of rotatable bonds is 6. The van der Waals surface area contributed by atoms with Gasteiger partial charge in [0, 0.05) is 11.3 Å². The van der Waals surface area contributed by atoms with Crippen LogP contribution in [-0.4, -0.2) is 33.3 Å². The molecule has 0 aliphatic carbocycles. The zero-order valence-electron chi connectivity index (χ0n) is 19.1. The lowest BCUT2D eigenvalue weighted by molar-refractivity contribution is 0.0532. The second kappa shape index (κ2) is 10.3. The summed E-state index contributed by atoms with van der Waals surface area (Å²) in [7, 11) is 0. The fraction of sp³-hybridized carbons (Fsp3) is 0.115. The number of ether oxygens (including phenoxy) is 1. The summed E-state index contributed by atoms with van der Waals surface area (Å²) in [6.07, 6.45) is 0. The number of nitrogens with zero attached hydrogens (tertiary/aromatic N) is 2. The molecule has 0 aliphatic rings. The van der Waals surface area contributed by atoms with Crippen LogP contribution in [-0.2, 0) is 4.74 Å². The number of aromatic hydroxyl groups is 2. The molecule has 178 valence electrons. The minimum Gasteiger partial charge on any atom is -0.508 e. The lowest BCUT2D eigenvalue weighted by Gasteiger charge is -2.11. The first-order chi connectivity index (χ1) is 16.9. The van der Waals surface area contributed by atoms with E-state index in [9.17, 15) is 19.8 Å². The number of esters is 1. The standard InChI is InChI=1S/C26H23N3O5S/c1-3-34-25(33)23-22(17-7-5-4-6-8-17)29(18-11-9-16(2)10-12-18)26(35-23)28-27-24(32)20-15-19(30)13-14-21(20)31/h4-15,30-31H,3H2,1-2H3,(H,27,32)/b28-26+. The molecule has 0 saturated heterocycles. The molecule has 0 fully saturated rings. The molecule has 3 N–H and O–H groups in total. The van der Waals surface area contributed by atoms with E-state index in [2.05, 4.69) is 10.5 Å². The largest absolute Gasteiger partial charge is 0.508 e. The molecule has 8 nitrogen and oxygen atoms in total. The van der Waals surface area contributed by atoms with E-state index >= 15 is 0 Å². The molecule has 35 heavy (non-hydrogen) atoms. The predicted molar refractivity (Wildman–Crippen MR) is 133 cm³/mol. The van der Waals surface area contributed by atoms with E-state index in [1.807, 2.05) is 61.5 Å². The number of amides is 1. The highest BCUT2D eigenvalue weighted by atomic mass is 32.1. The lowest BCUT2D eigenvalue weighted by Crippen LogP contribution is -2.24. The van der Waals surface area contributed by atoms with Crippen LogP contribution in [0.25, 0.3) is 16.9 Å². The molecule has 0 unspecified atom stereocenters. The van der Waals surface area contributed by atoms with Crippen molar-refractivity contribution in [1.82, 2.24) is 9.99 Å². The summed E-state index contributed by atoms with van der Waals surface area (Å²) >= 11 is 1.07. The highest BCUT2D eigenvalue weighted by Gasteiger charge is 2.23. The second-order valence-corrected chi connectivity index (χ2v) is 8.55. The van der Waals surface area contributed by atoms with E-state index < -0.39 is 11.9 Å². The first kappa shape index (κ1) is 23.8. The number of hydrogen-bond donors (Lipinski definition) is 3. The van der Waals surface area contributed by atoms with Gasteiger partial charge in [0.05, 0.1) is 17.9 Å². The minimum atomic E-state index is -0.721. The number of phenols is 2. The maximum absolute atomic E-state index is 12.9. The summed E-state index contributed by atoms with van der Waals surface area (Å²) in [5.74, 6) is -1.70. The Morgan fingerprint density at radius 2 is 1.74 bits per heavy atom. The minimum absolute atomic E-state index is 0.138. The number of nitrogens with one attached hydrogen (secondary N) is 1. The third-order valence-electron chi connectivity index (χ3n) is 5.10. The van der Waals surface area contributed by atoms with Crippen LogP contribution in [0.15, 0.2) is 77.9 Å². The number of carbonyl (C=O) groups is 2. The molecule has 1 amide bonds. The summed E-state index contributed by atoms with van der Waals surface area (Å²) in [6.45, 7) is 3.90. The van der Waals surface area contributed by atoms with Crippen molar-refractivity contribution in [2.45, 2.75) is 13.8 Å². The Hall–Kier alpha value is -4.37. The zero-order chi connectivity index (χ0) is 24.9. The van der Waals surface area contributed by atoms with E-state index in [1.54, 1.807) is 11.5 Å². The van der Waals surface area contributed by atoms with Gasteiger partial charge in [-0.1, -0.05) is 59.4 Å². The van der Waals surface area contributed by atoms with Crippen LogP contribution in [0.3, 0.4) is 0 Å². The molecule has 9 heteroatoms. The number of hydrogen-bond acceptors (Lipinski definition) is 7. The summed E-state index contributed by atoms with van der Waals surface area (Å²) in [4.78, 5) is 26.3. The topological polar surface area (TPSA) is 113 Å². The molecule has 4 aromatic rings. The number of phenolic OH excluding ortho intramolecular Hbond substituents is 2. The number of aromatic nitrogens is 1. The monoisotopic (exact) mass is 489 g/mol. The normalized spacial score (nSPS) is 11.3. The van der Waals surface area contributed by atoms with Gasteiger partial charge in [0.15, 0.2) is 0 Å². The predicted octanol–water partition coefficient (Wildman–Crippen LogP) is 4.35. The van der Waals surface area contributed by atoms with Crippen molar-refractivity contribution in [3.05, 3.63) is 93.6 Å². The van der Waals surface area contributed by atoms with Gasteiger partial charge in [-0.3, -0.25) is 9.36 Å². The molecule has 0 aliphatic heterocycles. The Morgan fingerprint density at radius 3 is 2.43 bits per heavy atom. The molecule has 0 radical (unpaired) electrons. The highest BCUT2D eigenvalue weighted by molar-refractivity contribution is 7.11. The van der Waals surface area contributed by atoms with Crippen LogP contribution < -0.4 is 10.2 Å². The Labute approximate surface area is 205 Å². The van der Waals surface area contributed by atoms with Gasteiger partial charge in [0.1, 0.15) is 16.4 Å². The molecule has 0 spiro atoms. The smallest absolute Gasteiger partial charge is 0.350 e. The average molecular weight is 490 g/mol. The Kier molecular flexibility index (Phi) is 6.98. The number of carbonyl (C=O) groups excluding carboxylic acids is 2. The van der Waals surface area contributed by atoms with Crippen LogP contribution in [0.1, 0.15) is 32.5 Å². The maximum atomic E-state index is 12.9. The fourth-order valence-electron chi connectivity index (χ4n) is 3.44. The van der Waals surface area contributed by atoms with E-state index in [1.165, 1.54) is 12.1 Å². The Bertz CT molecular complexity index is 1440. The molecule has 3 aromatic carbocycles. The summed E-state index contributed by atoms with van der Waals surface area (Å²) in [6, 6.07) is 20.7. The third-order valence-corrected chi connectivity index (χ3v) is 6.12. The molecule has 1 heterocycles. The Morgan fingerprint density at radius 1 is 1.03 bits per heavy atom. The van der Waals surface area contributed by atoms with Crippen LogP contribution in [0.2, 0.25) is 0 Å². The van der Waals surface area contributed by atoms with Crippen LogP contribution in [0, 0.1) is 6.92 Å². The van der Waals surface area contributed by atoms with Crippen LogP contribution >= 0.6 is 11.3 Å². The van der Waals surface area contributed by atoms with Crippen molar-refractivity contribution in [2.75, 3.05) is 6.61 Å². The Balaban J connectivity index is 1.92. The van der Waals surface area contributed by atoms with Crippen molar-refractivity contribution in [3.63, 3.8) is 0 Å². The second-order valence-electron chi connectivity index (χ2n) is 7.57. The molecule has 0 saturated carbocycles. The van der Waals surface area contributed by atoms with Gasteiger partial charge in [-0.05, 0) is 44.2 Å². The SMILES string of the molecule is CCOC(=O)c1s/c(=N/NC(=O)c2cc(O)ccc2O)n(-c2ccc(C)cc2)c1-c1ccccc1. The van der Waals surface area contributed by atoms with Gasteiger partial charge in [-0.25, -0.2) is 10.2 Å². The summed E-state index contributed by atoms with van der Waals surface area (Å²) in [5.41, 5.74) is 5.42. The highest BCUT2D eigenvalue weighted by Crippen LogP contribution is 2.29. The first-order valence-corrected chi connectivity index (χ1v) is 11.6. The number of thiazole rings is 1.